The number of anilines is 6. The van der Waals surface area contributed by atoms with Crippen molar-refractivity contribution in [3.8, 4) is 34.5 Å². The lowest BCUT2D eigenvalue weighted by molar-refractivity contribution is 0.147. The highest BCUT2D eigenvalue weighted by atomic mass is 35.5. The Bertz CT molecular complexity index is 4440. The molecule has 0 saturated carbocycles. The van der Waals surface area contributed by atoms with Crippen LogP contribution >= 0.6 is 34.8 Å². The Labute approximate surface area is 591 Å². The van der Waals surface area contributed by atoms with Crippen molar-refractivity contribution >= 4 is 134 Å². The van der Waals surface area contributed by atoms with Gasteiger partial charge in [-0.05, 0) is 185 Å². The highest BCUT2D eigenvalue weighted by Crippen LogP contribution is 2.41. The fraction of sp³-hybridized carbons (Fsp3) is 0.269. The van der Waals surface area contributed by atoms with E-state index in [4.69, 9.17) is 64.0 Å². The third-order valence-electron chi connectivity index (χ3n) is 18.8. The number of ether oxygens (including phenoxy) is 3. The Morgan fingerprint density at radius 1 is 0.323 bits per heavy atom. The lowest BCUT2D eigenvalue weighted by Crippen LogP contribution is -2.43. The minimum Gasteiger partial charge on any atom is -0.508 e. The van der Waals surface area contributed by atoms with Crippen LogP contribution in [0.2, 0.25) is 15.1 Å². The van der Waals surface area contributed by atoms with Gasteiger partial charge in [-0.3, -0.25) is 14.7 Å². The Balaban J connectivity index is 0.000000133. The monoisotopic (exact) mass is 1390 g/mol. The van der Waals surface area contributed by atoms with Gasteiger partial charge in [0.05, 0.1) is 71.5 Å². The number of phenols is 3. The maximum atomic E-state index is 10.5. The minimum atomic E-state index is 0.317. The van der Waals surface area contributed by atoms with E-state index in [0.717, 1.165) is 232 Å². The zero-order valence-electron chi connectivity index (χ0n) is 56.4. The first-order valence-corrected chi connectivity index (χ1v) is 34.3. The summed E-state index contributed by atoms with van der Waals surface area (Å²) in [5.41, 5.74) is 13.3. The largest absolute Gasteiger partial charge is 0.508 e. The van der Waals surface area contributed by atoms with Crippen molar-refractivity contribution in [2.45, 2.75) is 19.6 Å². The first-order chi connectivity index (χ1) is 48.0. The molecule has 0 unspecified atom stereocenters. The summed E-state index contributed by atoms with van der Waals surface area (Å²) in [5.74, 6) is 3.25. The molecule has 18 nitrogen and oxygen atoms in total. The normalized spacial score (nSPS) is 15.2. The van der Waals surface area contributed by atoms with Crippen LogP contribution in [0.5, 0.6) is 34.5 Å². The maximum Gasteiger partial charge on any atom is 0.120 e. The minimum absolute atomic E-state index is 0.317. The van der Waals surface area contributed by atoms with Crippen LogP contribution in [0.4, 0.5) is 34.1 Å². The molecule has 0 aliphatic carbocycles. The zero-order chi connectivity index (χ0) is 68.8. The number of halogens is 3. The number of likely N-dealkylation sites (N-methyl/N-ethyl adjacent to an activating group) is 3. The summed E-state index contributed by atoms with van der Waals surface area (Å²) < 4.78 is 16.4. The van der Waals surface area contributed by atoms with E-state index in [9.17, 15) is 15.3 Å². The number of nitrogens with zero attached hydrogens (tertiary/aromatic N) is 9. The van der Waals surface area contributed by atoms with Crippen molar-refractivity contribution in [2.24, 2.45) is 0 Å². The quantitative estimate of drug-likeness (QED) is 0.0421. The van der Waals surface area contributed by atoms with E-state index in [1.165, 1.54) is 0 Å². The lowest BCUT2D eigenvalue weighted by Gasteiger charge is -2.32. The topological polar surface area (TPSA) is 183 Å². The first-order valence-electron chi connectivity index (χ1n) is 33.2. The molecule has 3 aromatic heterocycles. The summed E-state index contributed by atoms with van der Waals surface area (Å²) in [7, 11) is 11.4. The molecule has 0 radical (unpaired) electrons. The van der Waals surface area contributed by atoms with Crippen LogP contribution in [0.15, 0.2) is 164 Å². The number of phenolic OH excluding ortho intramolecular Hbond substituents is 3. The number of aromatic nitrogens is 3. The molecule has 6 N–H and O–H groups in total. The molecule has 3 aliphatic heterocycles. The summed E-state index contributed by atoms with van der Waals surface area (Å²) in [4.78, 5) is 28.5. The summed E-state index contributed by atoms with van der Waals surface area (Å²) in [6, 6.07) is 51.8. The van der Waals surface area contributed by atoms with Gasteiger partial charge in [-0.25, -0.2) is 15.0 Å². The fourth-order valence-electron chi connectivity index (χ4n) is 13.0. The molecule has 6 heterocycles. The summed E-state index contributed by atoms with van der Waals surface area (Å²) in [6.45, 7) is 14.4. The highest BCUT2D eigenvalue weighted by Gasteiger charge is 2.22. The molecule has 12 aromatic rings. The summed E-state index contributed by atoms with van der Waals surface area (Å²) in [6.07, 6.45) is 0. The Hall–Kier alpha value is -9.18. The number of hydrogen-bond donors (Lipinski definition) is 6. The predicted octanol–water partition coefficient (Wildman–Crippen LogP) is 15.7. The van der Waals surface area contributed by atoms with Crippen molar-refractivity contribution in [1.82, 2.24) is 44.4 Å². The molecule has 15 rings (SSSR count). The van der Waals surface area contributed by atoms with Crippen LogP contribution in [-0.2, 0) is 19.6 Å². The van der Waals surface area contributed by atoms with Crippen LogP contribution < -0.4 is 30.2 Å². The van der Waals surface area contributed by atoms with Crippen LogP contribution in [0.25, 0.3) is 65.4 Å². The number of hydrogen-bond acceptors (Lipinski definition) is 18. The Morgan fingerprint density at radius 2 is 0.596 bits per heavy atom. The number of pyridine rings is 3. The van der Waals surface area contributed by atoms with Gasteiger partial charge in [0.15, 0.2) is 0 Å². The first kappa shape index (κ1) is 68.3. The van der Waals surface area contributed by atoms with Crippen LogP contribution in [0.1, 0.15) is 16.7 Å². The fourth-order valence-corrected chi connectivity index (χ4v) is 13.5. The van der Waals surface area contributed by atoms with E-state index < -0.39 is 0 Å². The number of methoxy groups -OCH3 is 3. The Morgan fingerprint density at radius 3 is 0.859 bits per heavy atom. The number of piperazine rings is 3. The zero-order valence-corrected chi connectivity index (χ0v) is 58.7. The highest BCUT2D eigenvalue weighted by molar-refractivity contribution is 6.32. The van der Waals surface area contributed by atoms with Gasteiger partial charge in [0, 0.05) is 179 Å². The van der Waals surface area contributed by atoms with Crippen molar-refractivity contribution < 1.29 is 29.5 Å². The van der Waals surface area contributed by atoms with E-state index >= 15 is 0 Å². The van der Waals surface area contributed by atoms with Gasteiger partial charge in [-0.1, -0.05) is 34.8 Å². The van der Waals surface area contributed by atoms with Crippen molar-refractivity contribution in [3.05, 3.63) is 196 Å². The van der Waals surface area contributed by atoms with Crippen molar-refractivity contribution in [3.63, 3.8) is 0 Å². The smallest absolute Gasteiger partial charge is 0.120 e. The average Bonchev–Trinajstić information content (AvgIpc) is 0.777. The van der Waals surface area contributed by atoms with Gasteiger partial charge < -0.3 is 60.2 Å². The standard InChI is InChI=1S/3C26H27ClN4O2/c3*1-30-9-11-31(12-10-30)16-17-13-19(4-8-25(17)32)28-26-21-6-3-18(27)14-24(21)29-23-7-5-20(33-2)15-22(23)26/h3*3-8,13-15,32H,9-12,16H2,1-2H3,(H,28,29). The second kappa shape index (κ2) is 30.5. The van der Waals surface area contributed by atoms with Crippen LogP contribution in [-0.4, -0.2) is 181 Å². The third-order valence-corrected chi connectivity index (χ3v) is 19.6. The van der Waals surface area contributed by atoms with E-state index in [0.29, 0.717) is 32.3 Å². The molecule has 3 fully saturated rings. The lowest BCUT2D eigenvalue weighted by atomic mass is 10.1. The average molecular weight is 1390 g/mol. The molecule has 0 bridgehead atoms. The van der Waals surface area contributed by atoms with Crippen LogP contribution in [0.3, 0.4) is 0 Å². The number of aromatic hydroxyl groups is 3. The molecule has 21 heteroatoms. The molecule has 510 valence electrons. The van der Waals surface area contributed by atoms with Gasteiger partial charge >= 0.3 is 0 Å². The van der Waals surface area contributed by atoms with Crippen molar-refractivity contribution in [2.75, 3.05) is 137 Å². The Kier molecular flexibility index (Phi) is 21.1. The number of fused-ring (bicyclic) bond motifs is 6. The predicted molar refractivity (Wildman–Crippen MR) is 405 cm³/mol. The number of rotatable bonds is 15. The number of nitrogens with one attached hydrogen (secondary N) is 3. The SMILES string of the molecule is COc1ccc2nc3cc(Cl)ccc3c(Nc3ccc(O)c(CN4CCN(C)CC4)c3)c2c1.COc1ccc2nc3cc(Cl)ccc3c(Nc3ccc(O)c(CN4CCN(C)CC4)c3)c2c1.COc1ccc2nc3cc(Cl)ccc3c(Nc3ccc(O)c(CN4CCN(C)CC4)c3)c2c1. The molecular formula is C78H81Cl3N12O6. The van der Waals surface area contributed by atoms with E-state index in [2.05, 4.69) is 66.5 Å². The molecule has 0 spiro atoms. The van der Waals surface area contributed by atoms with Gasteiger partial charge in [0.2, 0.25) is 0 Å². The van der Waals surface area contributed by atoms with E-state index in [-0.39, 0.29) is 0 Å². The second-order valence-corrected chi connectivity index (χ2v) is 27.0. The molecule has 0 amide bonds. The van der Waals surface area contributed by atoms with E-state index in [1.54, 1.807) is 39.5 Å². The molecular weight excluding hydrogens is 1310 g/mol. The third kappa shape index (κ3) is 16.1. The molecule has 0 atom stereocenters. The van der Waals surface area contributed by atoms with Crippen LogP contribution in [0, 0.1) is 0 Å². The summed E-state index contributed by atoms with van der Waals surface area (Å²) in [5, 5.41) is 50.1. The molecule has 3 aliphatic rings. The van der Waals surface area contributed by atoms with Gasteiger partial charge in [-0.15, -0.1) is 0 Å². The molecule has 9 aromatic carbocycles. The van der Waals surface area contributed by atoms with Crippen molar-refractivity contribution in [1.29, 1.82) is 0 Å². The van der Waals surface area contributed by atoms with Gasteiger partial charge in [0.25, 0.3) is 0 Å². The maximum absolute atomic E-state index is 10.5. The second-order valence-electron chi connectivity index (χ2n) is 25.7. The van der Waals surface area contributed by atoms with Gasteiger partial charge in [0.1, 0.15) is 34.5 Å². The van der Waals surface area contributed by atoms with E-state index in [1.807, 2.05) is 146 Å². The molecule has 3 saturated heterocycles. The molecule has 99 heavy (non-hydrogen) atoms. The summed E-state index contributed by atoms with van der Waals surface area (Å²) >= 11 is 18.8. The van der Waals surface area contributed by atoms with Gasteiger partial charge in [-0.2, -0.15) is 0 Å². The number of benzene rings is 9.